The summed E-state index contributed by atoms with van der Waals surface area (Å²) in [6.45, 7) is 5.42. The fourth-order valence-corrected chi connectivity index (χ4v) is 5.58. The molecule has 0 saturated carbocycles. The molecule has 1 aliphatic heterocycles. The van der Waals surface area contributed by atoms with Crippen LogP contribution in [0.15, 0.2) is 60.9 Å². The zero-order valence-corrected chi connectivity index (χ0v) is 25.1. The molecule has 5 aromatic rings. The summed E-state index contributed by atoms with van der Waals surface area (Å²) in [5.74, 6) is -0.0454. The lowest BCUT2D eigenvalue weighted by molar-refractivity contribution is -0.119. The number of fused-ring (bicyclic) bond motifs is 4. The molecule has 2 aromatic carbocycles. The fraction of sp³-hybridized carbons (Fsp3) is 0.250. The number of H-pyrrole nitrogens is 1. The summed E-state index contributed by atoms with van der Waals surface area (Å²) in [5, 5.41) is 18.7. The number of benzene rings is 2. The van der Waals surface area contributed by atoms with Gasteiger partial charge in [0.15, 0.2) is 11.6 Å². The smallest absolute Gasteiger partial charge is 0.255 e. The number of aryl methyl sites for hydroxylation is 1. The monoisotopic (exact) mass is 612 g/mol. The van der Waals surface area contributed by atoms with Crippen molar-refractivity contribution < 1.29 is 14.0 Å². The summed E-state index contributed by atoms with van der Waals surface area (Å²) >= 11 is 5.98. The van der Waals surface area contributed by atoms with Crippen LogP contribution in [0.1, 0.15) is 59.8 Å². The number of carbonyl (C=O) groups is 2. The molecule has 3 N–H and O–H groups in total. The summed E-state index contributed by atoms with van der Waals surface area (Å²) < 4.78 is 16.1. The number of pyridine rings is 1. The van der Waals surface area contributed by atoms with Gasteiger partial charge in [-0.1, -0.05) is 43.1 Å². The molecule has 10 nitrogen and oxygen atoms in total. The third kappa shape index (κ3) is 5.70. The van der Waals surface area contributed by atoms with Crippen LogP contribution < -0.4 is 10.6 Å². The van der Waals surface area contributed by atoms with Crippen LogP contribution in [0.4, 0.5) is 10.1 Å². The van der Waals surface area contributed by atoms with Gasteiger partial charge in [-0.05, 0) is 62.6 Å². The van der Waals surface area contributed by atoms with Crippen molar-refractivity contribution in [2.75, 3.05) is 5.32 Å². The van der Waals surface area contributed by atoms with Crippen LogP contribution in [0.3, 0.4) is 0 Å². The third-order valence-corrected chi connectivity index (χ3v) is 8.19. The molecule has 0 spiro atoms. The number of hydrogen-bond acceptors (Lipinski definition) is 6. The van der Waals surface area contributed by atoms with Crippen molar-refractivity contribution in [2.24, 2.45) is 5.92 Å². The molecule has 4 heterocycles. The average molecular weight is 613 g/mol. The molecule has 44 heavy (non-hydrogen) atoms. The van der Waals surface area contributed by atoms with Crippen molar-refractivity contribution in [1.82, 2.24) is 35.3 Å². The molecule has 2 atom stereocenters. The maximum Gasteiger partial charge on any atom is 0.255 e. The molecule has 1 aliphatic rings. The van der Waals surface area contributed by atoms with Gasteiger partial charge in [0.1, 0.15) is 11.5 Å². The zero-order chi connectivity index (χ0) is 31.0. The van der Waals surface area contributed by atoms with Crippen molar-refractivity contribution >= 4 is 29.1 Å². The Balaban J connectivity index is 1.34. The van der Waals surface area contributed by atoms with Gasteiger partial charge < -0.3 is 15.6 Å². The van der Waals surface area contributed by atoms with Gasteiger partial charge in [0.05, 0.1) is 34.2 Å². The summed E-state index contributed by atoms with van der Waals surface area (Å²) in [7, 11) is 0. The van der Waals surface area contributed by atoms with Gasteiger partial charge in [0.2, 0.25) is 5.91 Å². The zero-order valence-electron chi connectivity index (χ0n) is 24.4. The van der Waals surface area contributed by atoms with E-state index in [9.17, 15) is 14.0 Å². The Labute approximate surface area is 258 Å². The Hall–Kier alpha value is -4.90. The van der Waals surface area contributed by atoms with E-state index in [1.165, 1.54) is 16.9 Å². The first-order valence-electron chi connectivity index (χ1n) is 14.3. The van der Waals surface area contributed by atoms with Crippen LogP contribution >= 0.6 is 11.6 Å². The summed E-state index contributed by atoms with van der Waals surface area (Å²) in [4.78, 5) is 34.6. The van der Waals surface area contributed by atoms with Crippen LogP contribution in [-0.4, -0.2) is 41.8 Å². The highest BCUT2D eigenvalue weighted by molar-refractivity contribution is 6.30. The number of hydrogen-bond donors (Lipinski definition) is 3. The van der Waals surface area contributed by atoms with Crippen molar-refractivity contribution in [3.05, 3.63) is 94.5 Å². The van der Waals surface area contributed by atoms with E-state index in [2.05, 4.69) is 35.9 Å². The van der Waals surface area contributed by atoms with Crippen molar-refractivity contribution in [3.63, 3.8) is 0 Å². The van der Waals surface area contributed by atoms with E-state index >= 15 is 0 Å². The molecule has 3 aromatic heterocycles. The van der Waals surface area contributed by atoms with Gasteiger partial charge >= 0.3 is 0 Å². The minimum atomic E-state index is -0.617. The van der Waals surface area contributed by atoms with Crippen molar-refractivity contribution in [1.29, 1.82) is 0 Å². The number of nitrogens with one attached hydrogen (secondary N) is 3. The normalized spacial score (nSPS) is 16.8. The summed E-state index contributed by atoms with van der Waals surface area (Å²) in [6, 6.07) is 13.7. The SMILES string of the molecule is Cc1nnc(-c2ccc3c(c2)NC(=O)[C@H](C)CCC[C@H](NC(=O)c2cnn(-c4cccc(Cl)c4F)c2C)c2cc-3ccn2)[nH]1. The highest BCUT2D eigenvalue weighted by atomic mass is 35.5. The van der Waals surface area contributed by atoms with E-state index in [1.807, 2.05) is 44.2 Å². The van der Waals surface area contributed by atoms with Crippen LogP contribution in [0.5, 0.6) is 0 Å². The predicted molar refractivity (Wildman–Crippen MR) is 165 cm³/mol. The van der Waals surface area contributed by atoms with Gasteiger partial charge in [-0.15, -0.1) is 10.2 Å². The number of aromatic amines is 1. The first kappa shape index (κ1) is 29.2. The predicted octanol–water partition coefficient (Wildman–Crippen LogP) is 6.36. The highest BCUT2D eigenvalue weighted by Gasteiger charge is 2.25. The molecule has 0 fully saturated rings. The first-order valence-corrected chi connectivity index (χ1v) is 14.7. The average Bonchev–Trinajstić information content (AvgIpc) is 3.62. The van der Waals surface area contributed by atoms with Crippen LogP contribution in [0.25, 0.3) is 28.2 Å². The van der Waals surface area contributed by atoms with Gasteiger partial charge in [0.25, 0.3) is 5.91 Å². The molecule has 2 bridgehead atoms. The topological polar surface area (TPSA) is 130 Å². The number of anilines is 1. The largest absolute Gasteiger partial charge is 0.344 e. The molecular formula is C32H30ClFN8O2. The molecular weight excluding hydrogens is 583 g/mol. The number of nitrogens with zero attached hydrogens (tertiary/aromatic N) is 5. The van der Waals surface area contributed by atoms with Gasteiger partial charge in [0, 0.05) is 28.9 Å². The standard InChI is InChI=1S/C32H30ClFN8O2/c1-17-6-4-8-25(38-32(44)23-16-36-42(18(23)2)28-9-5-7-24(33)29(28)34)27-14-20(12-13-35-27)22-11-10-21(15-26(22)39-31(17)43)30-37-19(3)40-41-30/h5,7,9-17,25H,4,6,8H2,1-3H3,(H,38,44)(H,39,43)(H,37,40,41)/t17-,25+/m1/s1. The molecule has 6 rings (SSSR count). The third-order valence-electron chi connectivity index (χ3n) is 7.90. The van der Waals surface area contributed by atoms with E-state index < -0.39 is 11.9 Å². The second-order valence-corrected chi connectivity index (χ2v) is 11.4. The van der Waals surface area contributed by atoms with Crippen LogP contribution in [0, 0.1) is 25.6 Å². The first-order chi connectivity index (χ1) is 21.2. The van der Waals surface area contributed by atoms with Crippen molar-refractivity contribution in [2.45, 2.75) is 46.1 Å². The fourth-order valence-electron chi connectivity index (χ4n) is 5.41. The Kier molecular flexibility index (Phi) is 7.96. The number of amides is 2. The lowest BCUT2D eigenvalue weighted by Crippen LogP contribution is -2.30. The minimum absolute atomic E-state index is 0.0311. The van der Waals surface area contributed by atoms with E-state index in [1.54, 1.807) is 25.3 Å². The Bertz CT molecular complexity index is 1880. The molecule has 2 amide bonds. The quantitative estimate of drug-likeness (QED) is 0.217. The molecule has 224 valence electrons. The minimum Gasteiger partial charge on any atom is -0.344 e. The second-order valence-electron chi connectivity index (χ2n) is 11.0. The number of carbonyl (C=O) groups excluding carboxylic acids is 2. The second kappa shape index (κ2) is 12.0. The van der Waals surface area contributed by atoms with Gasteiger partial charge in [-0.3, -0.25) is 14.6 Å². The molecule has 0 unspecified atom stereocenters. The van der Waals surface area contributed by atoms with E-state index in [0.29, 0.717) is 53.5 Å². The van der Waals surface area contributed by atoms with E-state index in [4.69, 9.17) is 11.6 Å². The number of halogens is 2. The molecule has 12 heteroatoms. The molecule has 0 radical (unpaired) electrons. The summed E-state index contributed by atoms with van der Waals surface area (Å²) in [6.07, 6.45) is 4.96. The van der Waals surface area contributed by atoms with E-state index in [-0.39, 0.29) is 28.4 Å². The van der Waals surface area contributed by atoms with Crippen LogP contribution in [0.2, 0.25) is 5.02 Å². The number of rotatable bonds is 4. The highest BCUT2D eigenvalue weighted by Crippen LogP contribution is 2.34. The van der Waals surface area contributed by atoms with Gasteiger partial charge in [-0.2, -0.15) is 5.10 Å². The lowest BCUT2D eigenvalue weighted by Gasteiger charge is -2.22. The Morgan fingerprint density at radius 2 is 1.93 bits per heavy atom. The Morgan fingerprint density at radius 1 is 1.09 bits per heavy atom. The lowest BCUT2D eigenvalue weighted by atomic mass is 9.94. The number of aromatic nitrogens is 6. The van der Waals surface area contributed by atoms with Crippen LogP contribution in [-0.2, 0) is 4.79 Å². The van der Waals surface area contributed by atoms with E-state index in [0.717, 1.165) is 16.7 Å². The maximum atomic E-state index is 14.7. The summed E-state index contributed by atoms with van der Waals surface area (Å²) in [5.41, 5.74) is 4.68. The molecule has 0 aliphatic carbocycles. The van der Waals surface area contributed by atoms with Crippen molar-refractivity contribution in [3.8, 4) is 28.2 Å². The maximum absolute atomic E-state index is 14.7. The molecule has 0 saturated heterocycles. The Morgan fingerprint density at radius 3 is 2.73 bits per heavy atom. The van der Waals surface area contributed by atoms with Gasteiger partial charge in [-0.25, -0.2) is 9.07 Å².